The van der Waals surface area contributed by atoms with Crippen LogP contribution in [0.1, 0.15) is 16.7 Å². The monoisotopic (exact) mass is 282 g/mol. The molecule has 21 heavy (non-hydrogen) atoms. The fraction of sp³-hybridized carbons (Fsp3) is 0.176. The Labute approximate surface area is 124 Å². The second-order valence-electron chi connectivity index (χ2n) is 4.64. The lowest BCUT2D eigenvalue weighted by Crippen LogP contribution is -2.23. The van der Waals surface area contributed by atoms with Crippen molar-refractivity contribution in [1.82, 2.24) is 10.3 Å². The lowest BCUT2D eigenvalue weighted by atomic mass is 10.1. The van der Waals surface area contributed by atoms with E-state index in [0.29, 0.717) is 6.54 Å². The Kier molecular flexibility index (Phi) is 5.67. The van der Waals surface area contributed by atoms with Gasteiger partial charge in [0.05, 0.1) is 6.61 Å². The molecule has 108 valence electrons. The van der Waals surface area contributed by atoms with E-state index >= 15 is 0 Å². The van der Waals surface area contributed by atoms with E-state index < -0.39 is 0 Å². The van der Waals surface area contributed by atoms with Crippen LogP contribution in [0, 0.1) is 0 Å². The number of benzene rings is 1. The third-order valence-electron chi connectivity index (χ3n) is 3.03. The van der Waals surface area contributed by atoms with Gasteiger partial charge in [0.15, 0.2) is 0 Å². The van der Waals surface area contributed by atoms with Gasteiger partial charge in [-0.2, -0.15) is 0 Å². The van der Waals surface area contributed by atoms with Gasteiger partial charge in [0, 0.05) is 25.0 Å². The molecular weight excluding hydrogens is 264 g/mol. The minimum absolute atomic E-state index is 0.0517. The number of aliphatic hydroxyl groups is 1. The van der Waals surface area contributed by atoms with Crippen molar-refractivity contribution in [3.63, 3.8) is 0 Å². The minimum Gasteiger partial charge on any atom is -0.392 e. The molecular formula is C17H18N2O2. The van der Waals surface area contributed by atoms with Crippen LogP contribution in [0.4, 0.5) is 0 Å². The van der Waals surface area contributed by atoms with Gasteiger partial charge in [-0.05, 0) is 35.3 Å². The molecule has 2 aromatic rings. The molecule has 0 spiro atoms. The smallest absolute Gasteiger partial charge is 0.244 e. The van der Waals surface area contributed by atoms with Gasteiger partial charge >= 0.3 is 0 Å². The Balaban J connectivity index is 1.75. The summed E-state index contributed by atoms with van der Waals surface area (Å²) in [6.45, 7) is 0.630. The normalized spacial score (nSPS) is 10.7. The highest BCUT2D eigenvalue weighted by Gasteiger charge is 1.97. The third kappa shape index (κ3) is 5.20. The van der Waals surface area contributed by atoms with Gasteiger partial charge in [0.25, 0.3) is 0 Å². The molecule has 0 fully saturated rings. The van der Waals surface area contributed by atoms with Crippen molar-refractivity contribution in [2.45, 2.75) is 13.0 Å². The van der Waals surface area contributed by atoms with E-state index in [2.05, 4.69) is 10.3 Å². The zero-order valence-corrected chi connectivity index (χ0v) is 11.7. The van der Waals surface area contributed by atoms with Crippen LogP contribution in [0.5, 0.6) is 0 Å². The Bertz CT molecular complexity index is 592. The molecule has 1 aromatic heterocycles. The average Bonchev–Trinajstić information content (AvgIpc) is 2.54. The van der Waals surface area contributed by atoms with Crippen LogP contribution in [-0.2, 0) is 17.8 Å². The summed E-state index contributed by atoms with van der Waals surface area (Å²) in [5.41, 5.74) is 2.91. The van der Waals surface area contributed by atoms with Crippen LogP contribution in [0.25, 0.3) is 6.08 Å². The van der Waals surface area contributed by atoms with Crippen LogP contribution in [0.15, 0.2) is 54.9 Å². The molecule has 0 bridgehead atoms. The van der Waals surface area contributed by atoms with Gasteiger partial charge in [0.2, 0.25) is 5.91 Å². The van der Waals surface area contributed by atoms with Crippen LogP contribution >= 0.6 is 0 Å². The Morgan fingerprint density at radius 1 is 1.19 bits per heavy atom. The van der Waals surface area contributed by atoms with Crippen molar-refractivity contribution in [2.75, 3.05) is 6.54 Å². The molecule has 1 heterocycles. The first-order valence-corrected chi connectivity index (χ1v) is 6.82. The second kappa shape index (κ2) is 7.97. The quantitative estimate of drug-likeness (QED) is 0.796. The number of aliphatic hydroxyl groups excluding tert-OH is 1. The molecule has 0 saturated heterocycles. The number of carbonyl (C=O) groups is 1. The van der Waals surface area contributed by atoms with Crippen molar-refractivity contribution < 1.29 is 9.90 Å². The molecule has 1 aromatic carbocycles. The van der Waals surface area contributed by atoms with Crippen molar-refractivity contribution in [3.05, 3.63) is 71.6 Å². The van der Waals surface area contributed by atoms with Crippen molar-refractivity contribution in [2.24, 2.45) is 0 Å². The van der Waals surface area contributed by atoms with Crippen molar-refractivity contribution in [3.8, 4) is 0 Å². The fourth-order valence-electron chi connectivity index (χ4n) is 1.85. The largest absolute Gasteiger partial charge is 0.392 e. The summed E-state index contributed by atoms with van der Waals surface area (Å²) in [5.74, 6) is -0.120. The summed E-state index contributed by atoms with van der Waals surface area (Å²) in [5, 5.41) is 11.8. The van der Waals surface area contributed by atoms with Gasteiger partial charge < -0.3 is 10.4 Å². The van der Waals surface area contributed by atoms with Gasteiger partial charge in [-0.15, -0.1) is 0 Å². The lowest BCUT2D eigenvalue weighted by Gasteiger charge is -2.04. The predicted molar refractivity (Wildman–Crippen MR) is 82.3 cm³/mol. The third-order valence-corrected chi connectivity index (χ3v) is 3.03. The van der Waals surface area contributed by atoms with E-state index in [9.17, 15) is 4.79 Å². The zero-order valence-electron chi connectivity index (χ0n) is 11.7. The van der Waals surface area contributed by atoms with E-state index in [-0.39, 0.29) is 12.5 Å². The van der Waals surface area contributed by atoms with E-state index in [1.54, 1.807) is 18.5 Å². The van der Waals surface area contributed by atoms with Gasteiger partial charge in [-0.3, -0.25) is 9.78 Å². The Morgan fingerprint density at radius 3 is 2.62 bits per heavy atom. The maximum atomic E-state index is 11.7. The standard InChI is InChI=1S/C17H18N2O2/c20-13-16-5-3-14(4-6-16)9-11-19-17(21)8-7-15-2-1-10-18-12-15/h1-8,10,12,20H,9,11,13H2,(H,19,21)/b8-7+. The molecule has 0 radical (unpaired) electrons. The first-order chi connectivity index (χ1) is 10.3. The summed E-state index contributed by atoms with van der Waals surface area (Å²) in [6.07, 6.45) is 7.40. The van der Waals surface area contributed by atoms with Crippen LogP contribution in [0.3, 0.4) is 0 Å². The summed E-state index contributed by atoms with van der Waals surface area (Å²) in [4.78, 5) is 15.6. The van der Waals surface area contributed by atoms with Crippen molar-refractivity contribution in [1.29, 1.82) is 0 Å². The molecule has 0 atom stereocenters. The maximum absolute atomic E-state index is 11.7. The zero-order chi connectivity index (χ0) is 14.9. The first-order valence-electron chi connectivity index (χ1n) is 6.82. The average molecular weight is 282 g/mol. The molecule has 2 N–H and O–H groups in total. The summed E-state index contributed by atoms with van der Waals surface area (Å²) in [6, 6.07) is 11.4. The van der Waals surface area contributed by atoms with Crippen LogP contribution < -0.4 is 5.32 Å². The topological polar surface area (TPSA) is 62.2 Å². The molecule has 0 unspecified atom stereocenters. The number of rotatable bonds is 6. The Morgan fingerprint density at radius 2 is 1.95 bits per heavy atom. The van der Waals surface area contributed by atoms with E-state index in [0.717, 1.165) is 23.1 Å². The number of hydrogen-bond acceptors (Lipinski definition) is 3. The van der Waals surface area contributed by atoms with Crippen LogP contribution in [-0.4, -0.2) is 22.5 Å². The van der Waals surface area contributed by atoms with E-state index in [1.807, 2.05) is 36.4 Å². The van der Waals surface area contributed by atoms with Gasteiger partial charge in [-0.25, -0.2) is 0 Å². The van der Waals surface area contributed by atoms with E-state index in [4.69, 9.17) is 5.11 Å². The Hall–Kier alpha value is -2.46. The highest BCUT2D eigenvalue weighted by atomic mass is 16.3. The molecule has 1 amide bonds. The molecule has 4 heteroatoms. The number of carbonyl (C=O) groups excluding carboxylic acids is 1. The highest BCUT2D eigenvalue weighted by molar-refractivity contribution is 5.91. The molecule has 0 aliphatic rings. The molecule has 0 aliphatic heterocycles. The molecule has 0 saturated carbocycles. The minimum atomic E-state index is -0.120. The van der Waals surface area contributed by atoms with Crippen molar-refractivity contribution >= 4 is 12.0 Å². The van der Waals surface area contributed by atoms with Gasteiger partial charge in [-0.1, -0.05) is 30.3 Å². The molecule has 4 nitrogen and oxygen atoms in total. The number of nitrogens with zero attached hydrogens (tertiary/aromatic N) is 1. The van der Waals surface area contributed by atoms with E-state index in [1.165, 1.54) is 6.08 Å². The maximum Gasteiger partial charge on any atom is 0.244 e. The summed E-state index contributed by atoms with van der Waals surface area (Å²) >= 11 is 0. The number of aromatic nitrogens is 1. The fourth-order valence-corrected chi connectivity index (χ4v) is 1.85. The number of nitrogens with one attached hydrogen (secondary N) is 1. The first kappa shape index (κ1) is 14.9. The molecule has 2 rings (SSSR count). The van der Waals surface area contributed by atoms with Crippen LogP contribution in [0.2, 0.25) is 0 Å². The number of hydrogen-bond donors (Lipinski definition) is 2. The summed E-state index contributed by atoms with van der Waals surface area (Å²) < 4.78 is 0. The SMILES string of the molecule is O=C(/C=C/c1cccnc1)NCCc1ccc(CO)cc1. The molecule has 0 aliphatic carbocycles. The highest BCUT2D eigenvalue weighted by Crippen LogP contribution is 2.04. The lowest BCUT2D eigenvalue weighted by molar-refractivity contribution is -0.116. The number of pyridine rings is 1. The second-order valence-corrected chi connectivity index (χ2v) is 4.64. The predicted octanol–water partition coefficient (Wildman–Crippen LogP) is 1.95. The number of amides is 1. The summed E-state index contributed by atoms with van der Waals surface area (Å²) in [7, 11) is 0. The van der Waals surface area contributed by atoms with Gasteiger partial charge in [0.1, 0.15) is 0 Å².